The molecule has 2 atom stereocenters. The Hall–Kier alpha value is -0.910. The number of hydrogen-bond donors (Lipinski definition) is 1. The van der Waals surface area contributed by atoms with Gasteiger partial charge in [-0.15, -0.1) is 0 Å². The van der Waals surface area contributed by atoms with Crippen molar-refractivity contribution in [3.8, 4) is 5.75 Å². The molecule has 2 unspecified atom stereocenters. The van der Waals surface area contributed by atoms with Crippen molar-refractivity contribution in [3.63, 3.8) is 0 Å². The summed E-state index contributed by atoms with van der Waals surface area (Å²) in [7, 11) is 1.70. The van der Waals surface area contributed by atoms with Gasteiger partial charge in [-0.1, -0.05) is 44.7 Å². The molecule has 1 aliphatic heterocycles. The molecule has 4 nitrogen and oxygen atoms in total. The first-order valence-corrected chi connectivity index (χ1v) is 10.2. The van der Waals surface area contributed by atoms with Crippen molar-refractivity contribution < 1.29 is 17.1 Å². The predicted octanol–water partition coefficient (Wildman–Crippen LogP) is 1.32. The van der Waals surface area contributed by atoms with E-state index < -0.39 is 0 Å². The second kappa shape index (κ2) is 9.34. The highest BCUT2D eigenvalue weighted by Crippen LogP contribution is 2.40. The van der Waals surface area contributed by atoms with E-state index in [4.69, 9.17) is 9.73 Å². The zero-order valence-corrected chi connectivity index (χ0v) is 17.9. The number of amidine groups is 1. The molecule has 6 heteroatoms. The van der Waals surface area contributed by atoms with E-state index in [-0.39, 0.29) is 12.4 Å². The molecule has 1 saturated carbocycles. The summed E-state index contributed by atoms with van der Waals surface area (Å²) in [6.45, 7) is 8.96. The number of thioether (sulfide) groups is 1. The van der Waals surface area contributed by atoms with Gasteiger partial charge in [0.1, 0.15) is 5.75 Å². The first kappa shape index (κ1) is 21.4. The average molecular weight is 397 g/mol. The van der Waals surface area contributed by atoms with Gasteiger partial charge in [0.15, 0.2) is 5.17 Å². The van der Waals surface area contributed by atoms with Gasteiger partial charge in [-0.3, -0.25) is 4.90 Å². The van der Waals surface area contributed by atoms with E-state index in [0.29, 0.717) is 11.5 Å². The lowest BCUT2D eigenvalue weighted by Crippen LogP contribution is -3.00. The van der Waals surface area contributed by atoms with Gasteiger partial charge < -0.3 is 22.5 Å². The van der Waals surface area contributed by atoms with Crippen molar-refractivity contribution >= 4 is 16.9 Å². The van der Waals surface area contributed by atoms with Crippen molar-refractivity contribution in [2.75, 3.05) is 20.4 Å². The first-order chi connectivity index (χ1) is 11.9. The smallest absolute Gasteiger partial charge is 0.159 e. The fourth-order valence-corrected chi connectivity index (χ4v) is 5.03. The zero-order valence-electron chi connectivity index (χ0n) is 16.3. The van der Waals surface area contributed by atoms with Crippen molar-refractivity contribution in [2.45, 2.75) is 51.8 Å². The standard InChI is InChI=1S/C20H31N3OS.ClH/c1-15-9-17(11-20(2,3)10-15)23-13-21-19(22-14-23)25-12-16-5-7-18(24-4)8-6-16;/h5-8,15,17H,9-14H2,1-4H3,(H,21,22);1H/p-1. The van der Waals surface area contributed by atoms with Gasteiger partial charge in [0.05, 0.1) is 20.4 Å². The Morgan fingerprint density at radius 2 is 2.00 bits per heavy atom. The van der Waals surface area contributed by atoms with Crippen LogP contribution in [0.15, 0.2) is 29.3 Å². The summed E-state index contributed by atoms with van der Waals surface area (Å²) in [5.74, 6) is 2.65. The number of nitrogens with zero attached hydrogens (tertiary/aromatic N) is 2. The fourth-order valence-electron chi connectivity index (χ4n) is 4.22. The van der Waals surface area contributed by atoms with E-state index in [9.17, 15) is 0 Å². The molecular formula is C20H31ClN3OS-. The SMILES string of the molecule is COc1ccc(CSC2=NCN(C3CC(C)CC(C)(C)C3)CN2)cc1.[Cl-]. The van der Waals surface area contributed by atoms with Gasteiger partial charge in [0.2, 0.25) is 0 Å². The average Bonchev–Trinajstić information content (AvgIpc) is 2.59. The van der Waals surface area contributed by atoms with Crippen LogP contribution in [0.25, 0.3) is 0 Å². The molecule has 146 valence electrons. The summed E-state index contributed by atoms with van der Waals surface area (Å²) >= 11 is 1.78. The van der Waals surface area contributed by atoms with E-state index in [1.54, 1.807) is 18.9 Å². The third-order valence-corrected chi connectivity index (χ3v) is 6.27. The topological polar surface area (TPSA) is 36.9 Å². The van der Waals surface area contributed by atoms with Crippen LogP contribution in [-0.2, 0) is 5.75 Å². The molecule has 26 heavy (non-hydrogen) atoms. The number of aliphatic imine (C=N–C) groups is 1. The summed E-state index contributed by atoms with van der Waals surface area (Å²) in [4.78, 5) is 7.29. The highest BCUT2D eigenvalue weighted by Gasteiger charge is 2.35. The lowest BCUT2D eigenvalue weighted by molar-refractivity contribution is -0.00000879. The van der Waals surface area contributed by atoms with Crippen LogP contribution in [0, 0.1) is 11.3 Å². The van der Waals surface area contributed by atoms with E-state index in [2.05, 4.69) is 43.1 Å². The van der Waals surface area contributed by atoms with Crippen molar-refractivity contribution in [1.29, 1.82) is 0 Å². The third-order valence-electron chi connectivity index (χ3n) is 5.24. The molecular weight excluding hydrogens is 366 g/mol. The van der Waals surface area contributed by atoms with Crippen LogP contribution in [0.4, 0.5) is 0 Å². The Morgan fingerprint density at radius 1 is 1.27 bits per heavy atom. The van der Waals surface area contributed by atoms with E-state index in [1.165, 1.54) is 24.8 Å². The van der Waals surface area contributed by atoms with Gasteiger partial charge in [-0.25, -0.2) is 4.99 Å². The summed E-state index contributed by atoms with van der Waals surface area (Å²) in [6.07, 6.45) is 3.93. The molecule has 3 rings (SSSR count). The monoisotopic (exact) mass is 396 g/mol. The predicted molar refractivity (Wildman–Crippen MR) is 107 cm³/mol. The first-order valence-electron chi connectivity index (χ1n) is 9.23. The maximum Gasteiger partial charge on any atom is 0.159 e. The van der Waals surface area contributed by atoms with Gasteiger partial charge in [-0.05, 0) is 48.3 Å². The minimum absolute atomic E-state index is 0. The van der Waals surface area contributed by atoms with Gasteiger partial charge in [0, 0.05) is 11.8 Å². The number of benzene rings is 1. The van der Waals surface area contributed by atoms with E-state index >= 15 is 0 Å². The maximum absolute atomic E-state index is 5.21. The molecule has 0 radical (unpaired) electrons. The fraction of sp³-hybridized carbons (Fsp3) is 0.650. The Bertz CT molecular complexity index is 606. The number of hydrogen-bond acceptors (Lipinski definition) is 5. The van der Waals surface area contributed by atoms with E-state index in [1.807, 2.05) is 12.1 Å². The maximum atomic E-state index is 5.21. The van der Waals surface area contributed by atoms with Gasteiger partial charge in [0.25, 0.3) is 0 Å². The van der Waals surface area contributed by atoms with Crippen LogP contribution < -0.4 is 22.5 Å². The molecule has 0 spiro atoms. The summed E-state index contributed by atoms with van der Waals surface area (Å²) < 4.78 is 5.21. The summed E-state index contributed by atoms with van der Waals surface area (Å²) in [6, 6.07) is 8.92. The molecule has 0 aromatic heterocycles. The van der Waals surface area contributed by atoms with Crippen LogP contribution in [0.1, 0.15) is 45.6 Å². The molecule has 2 aliphatic rings. The number of rotatable bonds is 4. The highest BCUT2D eigenvalue weighted by atomic mass is 35.5. The molecule has 1 aliphatic carbocycles. The van der Waals surface area contributed by atoms with Gasteiger partial charge >= 0.3 is 0 Å². The molecule has 1 heterocycles. The van der Waals surface area contributed by atoms with Crippen LogP contribution in [0.3, 0.4) is 0 Å². The zero-order chi connectivity index (χ0) is 17.9. The second-order valence-electron chi connectivity index (χ2n) is 8.23. The number of ether oxygens (including phenoxy) is 1. The van der Waals surface area contributed by atoms with Crippen molar-refractivity contribution in [3.05, 3.63) is 29.8 Å². The summed E-state index contributed by atoms with van der Waals surface area (Å²) in [5, 5.41) is 4.58. The molecule has 1 aromatic rings. The Balaban J connectivity index is 0.00000243. The minimum atomic E-state index is 0. The van der Waals surface area contributed by atoms with Crippen molar-refractivity contribution in [2.24, 2.45) is 16.3 Å². The molecule has 0 saturated heterocycles. The van der Waals surface area contributed by atoms with Crippen LogP contribution in [0.5, 0.6) is 5.75 Å². The second-order valence-corrected chi connectivity index (χ2v) is 9.20. The molecule has 1 fully saturated rings. The Kier molecular flexibility index (Phi) is 7.68. The number of halogens is 1. The number of nitrogens with one attached hydrogen (secondary N) is 1. The molecule has 0 bridgehead atoms. The Labute approximate surface area is 168 Å². The highest BCUT2D eigenvalue weighted by molar-refractivity contribution is 8.13. The molecule has 1 N–H and O–H groups in total. The Morgan fingerprint density at radius 3 is 2.58 bits per heavy atom. The lowest BCUT2D eigenvalue weighted by Gasteiger charge is -2.44. The molecule has 0 amide bonds. The van der Waals surface area contributed by atoms with Crippen LogP contribution in [-0.4, -0.2) is 36.6 Å². The molecule has 1 aromatic carbocycles. The van der Waals surface area contributed by atoms with Gasteiger partial charge in [-0.2, -0.15) is 0 Å². The van der Waals surface area contributed by atoms with E-state index in [0.717, 1.165) is 35.9 Å². The van der Waals surface area contributed by atoms with Crippen LogP contribution >= 0.6 is 11.8 Å². The lowest BCUT2D eigenvalue weighted by atomic mass is 9.70. The third kappa shape index (κ3) is 5.80. The normalized spacial score (nSPS) is 25.6. The quantitative estimate of drug-likeness (QED) is 0.832. The summed E-state index contributed by atoms with van der Waals surface area (Å²) in [5.41, 5.74) is 1.75. The van der Waals surface area contributed by atoms with Crippen molar-refractivity contribution in [1.82, 2.24) is 10.2 Å². The minimum Gasteiger partial charge on any atom is -1.00 e. The van der Waals surface area contributed by atoms with Crippen LogP contribution in [0.2, 0.25) is 0 Å². The largest absolute Gasteiger partial charge is 1.00 e. The number of methoxy groups -OCH3 is 1.